The van der Waals surface area contributed by atoms with Gasteiger partial charge in [0, 0.05) is 18.0 Å². The third kappa shape index (κ3) is 4.30. The number of nitrogens with one attached hydrogen (secondary N) is 1. The molecule has 162 valence electrons. The summed E-state index contributed by atoms with van der Waals surface area (Å²) in [5, 5.41) is 4.33. The Morgan fingerprint density at radius 1 is 1.10 bits per heavy atom. The Morgan fingerprint density at radius 2 is 1.94 bits per heavy atom. The van der Waals surface area contributed by atoms with Crippen LogP contribution in [0.3, 0.4) is 0 Å². The number of aromatic nitrogens is 2. The maximum absolute atomic E-state index is 13.7. The maximum Gasteiger partial charge on any atom is 0.263 e. The molecule has 31 heavy (non-hydrogen) atoms. The summed E-state index contributed by atoms with van der Waals surface area (Å²) in [5.74, 6) is 0.0666. The zero-order valence-electron chi connectivity index (χ0n) is 17.6. The van der Waals surface area contributed by atoms with Crippen molar-refractivity contribution in [2.45, 2.75) is 68.3 Å². The topological polar surface area (TPSA) is 64.0 Å². The molecule has 1 saturated heterocycles. The van der Waals surface area contributed by atoms with E-state index in [1.165, 1.54) is 34.2 Å². The number of hydrogen-bond donors (Lipinski definition) is 1. The molecule has 1 unspecified atom stereocenters. The van der Waals surface area contributed by atoms with Crippen LogP contribution in [-0.4, -0.2) is 27.3 Å². The Labute approximate surface area is 190 Å². The van der Waals surface area contributed by atoms with Gasteiger partial charge < -0.3 is 5.32 Å². The summed E-state index contributed by atoms with van der Waals surface area (Å²) >= 11 is 3.15. The Hall–Kier alpha value is -2.12. The molecule has 1 aliphatic heterocycles. The van der Waals surface area contributed by atoms with Crippen LogP contribution in [0.4, 0.5) is 0 Å². The number of carbonyl (C=O) groups is 1. The fourth-order valence-corrected chi connectivity index (χ4v) is 7.03. The second kappa shape index (κ2) is 9.17. The second-order valence-corrected chi connectivity index (χ2v) is 10.6. The van der Waals surface area contributed by atoms with E-state index < -0.39 is 0 Å². The van der Waals surface area contributed by atoms with Gasteiger partial charge >= 0.3 is 0 Å². The summed E-state index contributed by atoms with van der Waals surface area (Å²) in [6, 6.07) is 10.2. The van der Waals surface area contributed by atoms with Crippen LogP contribution < -0.4 is 10.9 Å². The SMILES string of the molecule is O=C1NCCCCC1Sc1nc2sc3c(c2c(=O)n1CCc1ccccc1)CCCC3. The van der Waals surface area contributed by atoms with Crippen molar-refractivity contribution in [1.29, 1.82) is 0 Å². The molecule has 3 aromatic rings. The van der Waals surface area contributed by atoms with Crippen LogP contribution in [-0.2, 0) is 30.6 Å². The van der Waals surface area contributed by atoms with Gasteiger partial charge in [-0.2, -0.15) is 0 Å². The number of nitrogens with zero attached hydrogens (tertiary/aromatic N) is 2. The van der Waals surface area contributed by atoms with E-state index in [0.717, 1.165) is 61.7 Å². The first-order chi connectivity index (χ1) is 15.2. The molecule has 5 rings (SSSR count). The standard InChI is InChI=1S/C24H27N3O2S2/c28-21-19(12-6-7-14-25-21)31-24-26-22-20(17-10-4-5-11-18(17)30-22)23(29)27(24)15-13-16-8-2-1-3-9-16/h1-3,8-9,19H,4-7,10-15H2,(H,25,28). The molecule has 1 aromatic carbocycles. The van der Waals surface area contributed by atoms with E-state index in [9.17, 15) is 9.59 Å². The molecule has 3 heterocycles. The molecule has 0 spiro atoms. The van der Waals surface area contributed by atoms with Gasteiger partial charge in [0.1, 0.15) is 4.83 Å². The lowest BCUT2D eigenvalue weighted by Gasteiger charge is -2.17. The number of thioether (sulfide) groups is 1. The number of benzene rings is 1. The van der Waals surface area contributed by atoms with E-state index in [1.54, 1.807) is 11.3 Å². The molecule has 1 amide bonds. The highest BCUT2D eigenvalue weighted by Crippen LogP contribution is 2.35. The zero-order chi connectivity index (χ0) is 21.2. The van der Waals surface area contributed by atoms with Crippen LogP contribution in [0.5, 0.6) is 0 Å². The first-order valence-corrected chi connectivity index (χ1v) is 12.9. The number of fused-ring (bicyclic) bond motifs is 3. The Kier molecular flexibility index (Phi) is 6.14. The van der Waals surface area contributed by atoms with E-state index in [4.69, 9.17) is 4.98 Å². The molecule has 2 aromatic heterocycles. The van der Waals surface area contributed by atoms with E-state index in [-0.39, 0.29) is 16.7 Å². The van der Waals surface area contributed by atoms with Gasteiger partial charge in [0.15, 0.2) is 5.16 Å². The molecule has 0 bridgehead atoms. The van der Waals surface area contributed by atoms with E-state index in [2.05, 4.69) is 17.4 Å². The van der Waals surface area contributed by atoms with Crippen molar-refractivity contribution < 1.29 is 4.79 Å². The normalized spacial score (nSPS) is 19.1. The van der Waals surface area contributed by atoms with Gasteiger partial charge in [-0.1, -0.05) is 48.5 Å². The molecular formula is C24H27N3O2S2. The Balaban J connectivity index is 1.56. The van der Waals surface area contributed by atoms with Crippen molar-refractivity contribution >= 4 is 39.2 Å². The van der Waals surface area contributed by atoms with Crippen LogP contribution in [0.15, 0.2) is 40.3 Å². The smallest absolute Gasteiger partial charge is 0.263 e. The number of aryl methyl sites for hydroxylation is 3. The highest BCUT2D eigenvalue weighted by atomic mass is 32.2. The maximum atomic E-state index is 13.7. The van der Waals surface area contributed by atoms with Crippen LogP contribution in [0.2, 0.25) is 0 Å². The quantitative estimate of drug-likeness (QED) is 0.584. The van der Waals surface area contributed by atoms with E-state index >= 15 is 0 Å². The lowest BCUT2D eigenvalue weighted by atomic mass is 9.97. The Morgan fingerprint density at radius 3 is 2.81 bits per heavy atom. The third-order valence-corrected chi connectivity index (χ3v) is 8.68. The van der Waals surface area contributed by atoms with Crippen molar-refractivity contribution in [2.75, 3.05) is 6.54 Å². The summed E-state index contributed by atoms with van der Waals surface area (Å²) in [4.78, 5) is 33.4. The van der Waals surface area contributed by atoms with Gasteiger partial charge in [0.2, 0.25) is 5.91 Å². The van der Waals surface area contributed by atoms with Gasteiger partial charge in [0.05, 0.1) is 10.6 Å². The monoisotopic (exact) mass is 453 g/mol. The van der Waals surface area contributed by atoms with Crippen molar-refractivity contribution in [2.24, 2.45) is 0 Å². The van der Waals surface area contributed by atoms with Gasteiger partial charge in [-0.3, -0.25) is 14.2 Å². The van der Waals surface area contributed by atoms with Gasteiger partial charge in [-0.05, 0) is 56.1 Å². The van der Waals surface area contributed by atoms with Gasteiger partial charge in [-0.25, -0.2) is 4.98 Å². The highest BCUT2D eigenvalue weighted by Gasteiger charge is 2.27. The predicted molar refractivity (Wildman–Crippen MR) is 127 cm³/mol. The number of carbonyl (C=O) groups excluding carboxylic acids is 1. The minimum absolute atomic E-state index is 0.0665. The molecule has 0 radical (unpaired) electrons. The average Bonchev–Trinajstić information content (AvgIpc) is 3.04. The minimum atomic E-state index is -0.190. The summed E-state index contributed by atoms with van der Waals surface area (Å²) < 4.78 is 1.83. The first-order valence-electron chi connectivity index (χ1n) is 11.2. The molecule has 1 atom stereocenters. The average molecular weight is 454 g/mol. The zero-order valence-corrected chi connectivity index (χ0v) is 19.2. The minimum Gasteiger partial charge on any atom is -0.355 e. The molecule has 0 saturated carbocycles. The molecular weight excluding hydrogens is 426 g/mol. The summed E-state index contributed by atoms with van der Waals surface area (Å²) in [7, 11) is 0. The molecule has 5 nitrogen and oxygen atoms in total. The number of amides is 1. The van der Waals surface area contributed by atoms with Crippen LogP contribution in [0.25, 0.3) is 10.2 Å². The van der Waals surface area contributed by atoms with Gasteiger partial charge in [0.25, 0.3) is 5.56 Å². The number of hydrogen-bond acceptors (Lipinski definition) is 5. The van der Waals surface area contributed by atoms with Crippen molar-refractivity contribution in [3.05, 3.63) is 56.7 Å². The lowest BCUT2D eigenvalue weighted by Crippen LogP contribution is -2.32. The van der Waals surface area contributed by atoms with Crippen LogP contribution in [0, 0.1) is 0 Å². The van der Waals surface area contributed by atoms with Crippen LogP contribution >= 0.6 is 23.1 Å². The molecule has 1 fully saturated rings. The second-order valence-electron chi connectivity index (χ2n) is 8.37. The largest absolute Gasteiger partial charge is 0.355 e. The molecule has 2 aliphatic rings. The molecule has 1 aliphatic carbocycles. The lowest BCUT2D eigenvalue weighted by molar-refractivity contribution is -0.120. The molecule has 1 N–H and O–H groups in total. The van der Waals surface area contributed by atoms with Crippen LogP contribution in [0.1, 0.15) is 48.1 Å². The Bertz CT molecular complexity index is 1150. The fourth-order valence-electron chi connectivity index (χ4n) is 4.54. The van der Waals surface area contributed by atoms with Crippen molar-refractivity contribution in [3.63, 3.8) is 0 Å². The third-order valence-electron chi connectivity index (χ3n) is 6.24. The van der Waals surface area contributed by atoms with E-state index in [1.807, 2.05) is 22.8 Å². The fraction of sp³-hybridized carbons (Fsp3) is 0.458. The van der Waals surface area contributed by atoms with Gasteiger partial charge in [-0.15, -0.1) is 11.3 Å². The van der Waals surface area contributed by atoms with Crippen molar-refractivity contribution in [1.82, 2.24) is 14.9 Å². The summed E-state index contributed by atoms with van der Waals surface area (Å²) in [6.45, 7) is 1.31. The van der Waals surface area contributed by atoms with E-state index in [0.29, 0.717) is 11.7 Å². The first kappa shape index (κ1) is 20.8. The van der Waals surface area contributed by atoms with Crippen molar-refractivity contribution in [3.8, 4) is 0 Å². The number of thiophene rings is 1. The summed E-state index contributed by atoms with van der Waals surface area (Å²) in [6.07, 6.45) is 7.96. The number of rotatable bonds is 5. The highest BCUT2D eigenvalue weighted by molar-refractivity contribution is 8.00. The predicted octanol–water partition coefficient (Wildman–Crippen LogP) is 4.34. The summed E-state index contributed by atoms with van der Waals surface area (Å²) in [5.41, 5.74) is 2.49. The molecule has 7 heteroatoms.